The lowest BCUT2D eigenvalue weighted by molar-refractivity contribution is -0.359. The fourth-order valence-electron chi connectivity index (χ4n) is 8.78. The summed E-state index contributed by atoms with van der Waals surface area (Å²) in [7, 11) is 0. The van der Waals surface area contributed by atoms with Crippen LogP contribution in [-0.4, -0.2) is 140 Å². The number of amides is 1. The van der Waals surface area contributed by atoms with E-state index in [0.29, 0.717) is 12.8 Å². The van der Waals surface area contributed by atoms with Gasteiger partial charge in [-0.2, -0.15) is 0 Å². The lowest BCUT2D eigenvalue weighted by Crippen LogP contribution is -2.65. The summed E-state index contributed by atoms with van der Waals surface area (Å²) in [5.41, 5.74) is 0. The molecule has 0 bridgehead atoms. The van der Waals surface area contributed by atoms with E-state index in [2.05, 4.69) is 31.3 Å². The molecule has 9 N–H and O–H groups in total. The second kappa shape index (κ2) is 39.2. The highest BCUT2D eigenvalue weighted by Crippen LogP contribution is 2.30. The monoisotopic (exact) mass is 944 g/mol. The average molecular weight is 944 g/mol. The minimum atomic E-state index is -1.79. The molecule has 2 aliphatic heterocycles. The van der Waals surface area contributed by atoms with E-state index in [1.807, 2.05) is 6.08 Å². The van der Waals surface area contributed by atoms with Crippen LogP contribution in [0.15, 0.2) is 24.3 Å². The van der Waals surface area contributed by atoms with Crippen LogP contribution < -0.4 is 5.32 Å². The van der Waals surface area contributed by atoms with Gasteiger partial charge in [-0.1, -0.05) is 192 Å². The first kappa shape index (κ1) is 60.6. The first-order valence-corrected chi connectivity index (χ1v) is 26.6. The summed E-state index contributed by atoms with van der Waals surface area (Å²) in [4.78, 5) is 13.1. The maximum Gasteiger partial charge on any atom is 0.220 e. The minimum absolute atomic E-state index is 0.252. The molecule has 0 saturated carbocycles. The van der Waals surface area contributed by atoms with E-state index in [1.165, 1.54) is 141 Å². The lowest BCUT2D eigenvalue weighted by Gasteiger charge is -2.46. The molecule has 2 aliphatic rings. The smallest absolute Gasteiger partial charge is 0.220 e. The fourth-order valence-corrected chi connectivity index (χ4v) is 8.78. The summed E-state index contributed by atoms with van der Waals surface area (Å²) >= 11 is 0. The molecule has 12 atom stereocenters. The van der Waals surface area contributed by atoms with E-state index in [4.69, 9.17) is 18.9 Å². The number of aliphatic hydroxyl groups is 8. The largest absolute Gasteiger partial charge is 0.394 e. The third kappa shape index (κ3) is 25.9. The molecule has 14 heteroatoms. The Morgan fingerprint density at radius 2 is 0.970 bits per heavy atom. The van der Waals surface area contributed by atoms with E-state index >= 15 is 0 Å². The highest BCUT2D eigenvalue weighted by Gasteiger charge is 2.51. The molecule has 2 rings (SSSR count). The van der Waals surface area contributed by atoms with Crippen LogP contribution in [0.5, 0.6) is 0 Å². The lowest BCUT2D eigenvalue weighted by atomic mass is 9.97. The maximum absolute atomic E-state index is 13.1. The van der Waals surface area contributed by atoms with Crippen LogP contribution in [0, 0.1) is 0 Å². The van der Waals surface area contributed by atoms with Crippen LogP contribution in [0.2, 0.25) is 0 Å². The molecule has 14 nitrogen and oxygen atoms in total. The molecule has 12 unspecified atom stereocenters. The van der Waals surface area contributed by atoms with Crippen LogP contribution in [0.1, 0.15) is 206 Å². The van der Waals surface area contributed by atoms with Gasteiger partial charge in [0, 0.05) is 6.42 Å². The summed E-state index contributed by atoms with van der Waals surface area (Å²) < 4.78 is 22.6. The Bertz CT molecular complexity index is 1210. The van der Waals surface area contributed by atoms with Gasteiger partial charge in [0.25, 0.3) is 0 Å². The molecule has 0 spiro atoms. The first-order chi connectivity index (χ1) is 32.1. The number of ether oxygens (including phenoxy) is 4. The SMILES string of the molecule is CCCCCCCCCCCCCCCCCCC/C=C/CC/C=C/C(O)C(COC1OC(CO)C(OC2OC(CO)C(O)C(O)C2O)C(O)C1O)NC(=O)CCCCCCCCCCC. The van der Waals surface area contributed by atoms with Crippen molar-refractivity contribution in [3.05, 3.63) is 24.3 Å². The Balaban J connectivity index is 1.79. The zero-order valence-corrected chi connectivity index (χ0v) is 41.2. The Hall–Kier alpha value is -1.53. The van der Waals surface area contributed by atoms with Gasteiger partial charge < -0.3 is 65.1 Å². The number of rotatable bonds is 41. The molecule has 2 saturated heterocycles. The van der Waals surface area contributed by atoms with Gasteiger partial charge in [0.05, 0.1) is 32.0 Å². The zero-order chi connectivity index (χ0) is 48.2. The Morgan fingerprint density at radius 1 is 0.530 bits per heavy atom. The van der Waals surface area contributed by atoms with Gasteiger partial charge in [-0.3, -0.25) is 4.79 Å². The van der Waals surface area contributed by atoms with E-state index in [1.54, 1.807) is 6.08 Å². The van der Waals surface area contributed by atoms with Crippen LogP contribution >= 0.6 is 0 Å². The molecule has 0 aliphatic carbocycles. The number of nitrogens with one attached hydrogen (secondary N) is 1. The molecule has 0 radical (unpaired) electrons. The van der Waals surface area contributed by atoms with Crippen LogP contribution in [-0.2, 0) is 23.7 Å². The second-order valence-electron chi connectivity index (χ2n) is 19.0. The van der Waals surface area contributed by atoms with Gasteiger partial charge in [-0.25, -0.2) is 0 Å². The van der Waals surface area contributed by atoms with Crippen molar-refractivity contribution in [2.45, 2.75) is 280 Å². The maximum atomic E-state index is 13.1. The summed E-state index contributed by atoms with van der Waals surface area (Å²) in [6, 6.07) is -0.925. The molecule has 66 heavy (non-hydrogen) atoms. The summed E-state index contributed by atoms with van der Waals surface area (Å²) in [5.74, 6) is -0.252. The van der Waals surface area contributed by atoms with Crippen molar-refractivity contribution in [2.75, 3.05) is 19.8 Å². The van der Waals surface area contributed by atoms with E-state index in [-0.39, 0.29) is 18.9 Å². The quantitative estimate of drug-likeness (QED) is 0.0216. The van der Waals surface area contributed by atoms with Gasteiger partial charge in [-0.15, -0.1) is 0 Å². The van der Waals surface area contributed by atoms with E-state index in [0.717, 1.165) is 32.1 Å². The Labute approximate surface area is 398 Å². The summed E-state index contributed by atoms with van der Waals surface area (Å²) in [6.07, 6.45) is 26.7. The van der Waals surface area contributed by atoms with Gasteiger partial charge >= 0.3 is 0 Å². The fraction of sp³-hybridized carbons (Fsp3) is 0.904. The van der Waals surface area contributed by atoms with E-state index in [9.17, 15) is 45.6 Å². The highest BCUT2D eigenvalue weighted by molar-refractivity contribution is 5.76. The van der Waals surface area contributed by atoms with Crippen molar-refractivity contribution in [2.24, 2.45) is 0 Å². The second-order valence-corrected chi connectivity index (χ2v) is 19.0. The van der Waals surface area contributed by atoms with Gasteiger partial charge in [0.15, 0.2) is 12.6 Å². The van der Waals surface area contributed by atoms with Crippen molar-refractivity contribution >= 4 is 5.91 Å². The topological polar surface area (TPSA) is 228 Å². The van der Waals surface area contributed by atoms with Crippen LogP contribution in [0.3, 0.4) is 0 Å². The molecular formula is C52H97NO13. The average Bonchev–Trinajstić information content (AvgIpc) is 3.31. The Morgan fingerprint density at radius 3 is 1.48 bits per heavy atom. The first-order valence-electron chi connectivity index (χ1n) is 26.6. The third-order valence-corrected chi connectivity index (χ3v) is 13.1. The molecule has 0 aromatic carbocycles. The number of hydrogen-bond donors (Lipinski definition) is 9. The van der Waals surface area contributed by atoms with Crippen molar-refractivity contribution in [1.29, 1.82) is 0 Å². The number of aliphatic hydroxyl groups excluding tert-OH is 8. The van der Waals surface area contributed by atoms with Gasteiger partial charge in [0.1, 0.15) is 48.8 Å². The molecule has 1 amide bonds. The number of carbonyl (C=O) groups is 1. The van der Waals surface area contributed by atoms with E-state index < -0.39 is 86.8 Å². The summed E-state index contributed by atoms with van der Waals surface area (Å²) in [6.45, 7) is 2.75. The Kier molecular flexibility index (Phi) is 36.0. The predicted molar refractivity (Wildman–Crippen MR) is 258 cm³/mol. The zero-order valence-electron chi connectivity index (χ0n) is 41.2. The normalized spacial score (nSPS) is 26.9. The van der Waals surface area contributed by atoms with Gasteiger partial charge in [-0.05, 0) is 32.1 Å². The molecule has 0 aromatic heterocycles. The van der Waals surface area contributed by atoms with Crippen LogP contribution in [0.25, 0.3) is 0 Å². The number of hydrogen-bond acceptors (Lipinski definition) is 13. The highest BCUT2D eigenvalue weighted by atomic mass is 16.7. The molecule has 388 valence electrons. The number of allylic oxidation sites excluding steroid dienone is 3. The van der Waals surface area contributed by atoms with Crippen molar-refractivity contribution in [3.8, 4) is 0 Å². The number of unbranched alkanes of at least 4 members (excludes halogenated alkanes) is 26. The predicted octanol–water partition coefficient (Wildman–Crippen LogP) is 7.33. The molecular weight excluding hydrogens is 847 g/mol. The standard InChI is InChI=1S/C52H97NO13/c1-3-5-7-9-11-13-14-15-16-17-18-19-20-21-22-23-24-25-26-28-29-31-33-35-41(56)40(53-44(57)36-34-32-30-27-12-10-8-6-4-2)39-63-51-49(62)47(60)50(43(38-55)65-51)66-52-48(61)46(59)45(58)42(37-54)64-52/h26,28,33,35,40-43,45-52,54-56,58-62H,3-25,27,29-32,34,36-39H2,1-2H3,(H,53,57)/b28-26+,35-33+. The molecule has 2 fully saturated rings. The van der Waals surface area contributed by atoms with Crippen molar-refractivity contribution in [1.82, 2.24) is 5.32 Å². The van der Waals surface area contributed by atoms with Crippen molar-refractivity contribution in [3.63, 3.8) is 0 Å². The third-order valence-electron chi connectivity index (χ3n) is 13.1. The molecule has 2 heterocycles. The summed E-state index contributed by atoms with van der Waals surface area (Å²) in [5, 5.41) is 86.6. The van der Waals surface area contributed by atoms with Gasteiger partial charge in [0.2, 0.25) is 5.91 Å². The number of carbonyl (C=O) groups excluding carboxylic acids is 1. The minimum Gasteiger partial charge on any atom is -0.394 e. The van der Waals surface area contributed by atoms with Crippen LogP contribution in [0.4, 0.5) is 0 Å². The van der Waals surface area contributed by atoms with Crippen molar-refractivity contribution < 1.29 is 64.6 Å². The molecule has 0 aromatic rings.